The van der Waals surface area contributed by atoms with E-state index in [1.54, 1.807) is 0 Å². The molecule has 0 aromatic heterocycles. The highest BCUT2D eigenvalue weighted by atomic mass is 16.7. The smallest absolute Gasteiger partial charge is 0.187 e. The van der Waals surface area contributed by atoms with E-state index in [0.717, 1.165) is 0 Å². The Balaban J connectivity index is 2.21. The highest BCUT2D eigenvalue weighted by Crippen LogP contribution is 2.28. The lowest BCUT2D eigenvalue weighted by molar-refractivity contribution is -0.329. The Kier molecular flexibility index (Phi) is 7.67. The Bertz CT molecular complexity index is 436. The van der Waals surface area contributed by atoms with Crippen LogP contribution in [0, 0.1) is 0 Å². The number of hydrogen-bond acceptors (Lipinski definition) is 12. The highest BCUT2D eigenvalue weighted by Gasteiger charge is 2.50. The molecule has 8 N–H and O–H groups in total. The van der Waals surface area contributed by atoms with Crippen molar-refractivity contribution in [1.82, 2.24) is 0 Å². The first-order chi connectivity index (χ1) is 12.3. The van der Waals surface area contributed by atoms with Crippen LogP contribution in [-0.2, 0) is 18.9 Å². The predicted octanol–water partition coefficient (Wildman–Crippen LogP) is -5.38. The summed E-state index contributed by atoms with van der Waals surface area (Å²) < 4.78 is 20.7. The van der Waals surface area contributed by atoms with E-state index in [1.165, 1.54) is 7.11 Å². The van der Waals surface area contributed by atoms with Gasteiger partial charge < -0.3 is 59.8 Å². The Hall–Kier alpha value is -0.480. The number of hydrogen-bond donors (Lipinski definition) is 8. The summed E-state index contributed by atoms with van der Waals surface area (Å²) in [5.74, 6) is 0. The summed E-state index contributed by atoms with van der Waals surface area (Å²) in [7, 11) is 1.18. The van der Waals surface area contributed by atoms with Gasteiger partial charge in [0.2, 0.25) is 0 Å². The first-order valence-corrected chi connectivity index (χ1v) is 8.06. The SMILES string of the molecule is CO[C@H]1O[C@H](CO)[C@@H](O[C@H]2O[C@H](CO)[C@@H](O)[C@H](O)[C@H]2O)[C@H](O)[C@H](O)[C@H]1O. The van der Waals surface area contributed by atoms with Gasteiger partial charge in [-0.25, -0.2) is 0 Å². The summed E-state index contributed by atoms with van der Waals surface area (Å²) in [6, 6.07) is 0. The predicted molar refractivity (Wildman–Crippen MR) is 79.4 cm³/mol. The average Bonchev–Trinajstić information content (AvgIpc) is 2.73. The maximum atomic E-state index is 10.3. The van der Waals surface area contributed by atoms with Crippen molar-refractivity contribution in [1.29, 1.82) is 0 Å². The monoisotopic (exact) mass is 386 g/mol. The zero-order valence-corrected chi connectivity index (χ0v) is 14.0. The van der Waals surface area contributed by atoms with E-state index in [0.29, 0.717) is 0 Å². The van der Waals surface area contributed by atoms with Gasteiger partial charge >= 0.3 is 0 Å². The number of aliphatic hydroxyl groups excluding tert-OH is 8. The molecule has 0 bridgehead atoms. The topological polar surface area (TPSA) is 199 Å². The van der Waals surface area contributed by atoms with Gasteiger partial charge in [-0.3, -0.25) is 0 Å². The standard InChI is InChI=1S/C14H26O12/c1-23-13-10(21)8(19)9(20)12(5(3-16)25-13)26-14-11(22)7(18)6(17)4(2-15)24-14/h4-22H,2-3H2,1H3/t4-,5-,6-,7+,8+,9-,10-,11-,12-,13+,14-/m1/s1. The minimum Gasteiger partial charge on any atom is -0.394 e. The molecule has 0 radical (unpaired) electrons. The summed E-state index contributed by atoms with van der Waals surface area (Å²) >= 11 is 0. The maximum absolute atomic E-state index is 10.3. The van der Waals surface area contributed by atoms with Gasteiger partial charge in [-0.15, -0.1) is 0 Å². The summed E-state index contributed by atoms with van der Waals surface area (Å²) in [5, 5.41) is 78.6. The molecule has 154 valence electrons. The van der Waals surface area contributed by atoms with Crippen molar-refractivity contribution < 1.29 is 59.8 Å². The van der Waals surface area contributed by atoms with E-state index in [9.17, 15) is 40.9 Å². The fraction of sp³-hybridized carbons (Fsp3) is 1.00. The number of ether oxygens (including phenoxy) is 4. The van der Waals surface area contributed by atoms with Crippen molar-refractivity contribution in [2.24, 2.45) is 0 Å². The Morgan fingerprint density at radius 2 is 1.15 bits per heavy atom. The molecule has 0 amide bonds. The van der Waals surface area contributed by atoms with E-state index < -0.39 is 80.7 Å². The zero-order valence-electron chi connectivity index (χ0n) is 14.0. The Morgan fingerprint density at radius 3 is 1.69 bits per heavy atom. The number of methoxy groups -OCH3 is 1. The summed E-state index contributed by atoms with van der Waals surface area (Å²) in [6.45, 7) is -1.40. The molecule has 2 fully saturated rings. The molecule has 12 nitrogen and oxygen atoms in total. The van der Waals surface area contributed by atoms with Crippen LogP contribution in [0.3, 0.4) is 0 Å². The van der Waals surface area contributed by atoms with Gasteiger partial charge in [0.15, 0.2) is 12.6 Å². The van der Waals surface area contributed by atoms with Gasteiger partial charge in [0.25, 0.3) is 0 Å². The van der Waals surface area contributed by atoms with Crippen molar-refractivity contribution in [3.8, 4) is 0 Å². The molecular weight excluding hydrogens is 360 g/mol. The van der Waals surface area contributed by atoms with Gasteiger partial charge in [0.1, 0.15) is 54.9 Å². The first-order valence-electron chi connectivity index (χ1n) is 8.06. The first kappa shape index (κ1) is 21.8. The molecule has 11 atom stereocenters. The van der Waals surface area contributed by atoms with E-state index in [1.807, 2.05) is 0 Å². The quantitative estimate of drug-likeness (QED) is 0.223. The van der Waals surface area contributed by atoms with Crippen LogP contribution >= 0.6 is 0 Å². The van der Waals surface area contributed by atoms with Crippen molar-refractivity contribution in [2.75, 3.05) is 20.3 Å². The summed E-state index contributed by atoms with van der Waals surface area (Å²) in [4.78, 5) is 0. The summed E-state index contributed by atoms with van der Waals surface area (Å²) in [5.41, 5.74) is 0. The Labute approximate surface area is 148 Å². The van der Waals surface area contributed by atoms with Crippen LogP contribution in [0.4, 0.5) is 0 Å². The Morgan fingerprint density at radius 1 is 0.654 bits per heavy atom. The second-order valence-corrected chi connectivity index (χ2v) is 6.23. The lowest BCUT2D eigenvalue weighted by Gasteiger charge is -2.42. The molecule has 2 heterocycles. The van der Waals surface area contributed by atoms with E-state index in [2.05, 4.69) is 0 Å². The molecule has 0 saturated carbocycles. The van der Waals surface area contributed by atoms with Crippen LogP contribution in [0.2, 0.25) is 0 Å². The molecule has 0 aromatic carbocycles. The largest absolute Gasteiger partial charge is 0.394 e. The van der Waals surface area contributed by atoms with Crippen molar-refractivity contribution in [3.63, 3.8) is 0 Å². The average molecular weight is 386 g/mol. The molecule has 2 rings (SSSR count). The lowest BCUT2D eigenvalue weighted by Crippen LogP contribution is -2.61. The van der Waals surface area contributed by atoms with Crippen LogP contribution in [0.5, 0.6) is 0 Å². The van der Waals surface area contributed by atoms with Crippen molar-refractivity contribution in [3.05, 3.63) is 0 Å². The molecule has 2 saturated heterocycles. The minimum atomic E-state index is -1.79. The molecule has 2 aliphatic rings. The molecule has 12 heteroatoms. The van der Waals surface area contributed by atoms with Crippen LogP contribution in [-0.4, -0.2) is 129 Å². The van der Waals surface area contributed by atoms with E-state index in [-0.39, 0.29) is 0 Å². The second kappa shape index (κ2) is 9.14. The van der Waals surface area contributed by atoms with Gasteiger partial charge in [-0.05, 0) is 0 Å². The van der Waals surface area contributed by atoms with Crippen LogP contribution < -0.4 is 0 Å². The van der Waals surface area contributed by atoms with Crippen molar-refractivity contribution in [2.45, 2.75) is 67.5 Å². The molecule has 0 spiro atoms. The van der Waals surface area contributed by atoms with Gasteiger partial charge in [0, 0.05) is 7.11 Å². The lowest BCUT2D eigenvalue weighted by atomic mass is 9.98. The maximum Gasteiger partial charge on any atom is 0.187 e. The zero-order chi connectivity index (χ0) is 19.6. The van der Waals surface area contributed by atoms with Gasteiger partial charge in [-0.2, -0.15) is 0 Å². The van der Waals surface area contributed by atoms with Crippen LogP contribution in [0.25, 0.3) is 0 Å². The third kappa shape index (κ3) is 4.16. The second-order valence-electron chi connectivity index (χ2n) is 6.23. The highest BCUT2D eigenvalue weighted by molar-refractivity contribution is 4.94. The van der Waals surface area contributed by atoms with Gasteiger partial charge in [-0.1, -0.05) is 0 Å². The molecular formula is C14H26O12. The normalized spacial score (nSPS) is 50.4. The van der Waals surface area contributed by atoms with Crippen LogP contribution in [0.15, 0.2) is 0 Å². The fourth-order valence-electron chi connectivity index (χ4n) is 2.95. The molecule has 0 unspecified atom stereocenters. The van der Waals surface area contributed by atoms with Gasteiger partial charge in [0.05, 0.1) is 13.2 Å². The fourth-order valence-corrected chi connectivity index (χ4v) is 2.95. The third-order valence-electron chi connectivity index (χ3n) is 4.54. The molecule has 0 aromatic rings. The van der Waals surface area contributed by atoms with E-state index in [4.69, 9.17) is 18.9 Å². The summed E-state index contributed by atoms with van der Waals surface area (Å²) in [6.07, 6.45) is -17.4. The third-order valence-corrected chi connectivity index (χ3v) is 4.54. The van der Waals surface area contributed by atoms with Crippen LogP contribution in [0.1, 0.15) is 0 Å². The number of aliphatic hydroxyl groups is 8. The molecule has 26 heavy (non-hydrogen) atoms. The molecule has 2 aliphatic heterocycles. The minimum absolute atomic E-state index is 0.689. The molecule has 0 aliphatic carbocycles. The van der Waals surface area contributed by atoms with Crippen molar-refractivity contribution >= 4 is 0 Å². The van der Waals surface area contributed by atoms with E-state index >= 15 is 0 Å². The number of rotatable bonds is 5.